The van der Waals surface area contributed by atoms with E-state index in [1.165, 1.54) is 17.7 Å². The third-order valence-electron chi connectivity index (χ3n) is 3.58. The molecular formula is C14H18N2OS. The van der Waals surface area contributed by atoms with E-state index in [1.807, 2.05) is 23.9 Å². The van der Waals surface area contributed by atoms with Crippen molar-refractivity contribution in [2.24, 2.45) is 0 Å². The van der Waals surface area contributed by atoms with Gasteiger partial charge in [-0.25, -0.2) is 0 Å². The van der Waals surface area contributed by atoms with Gasteiger partial charge in [-0.3, -0.25) is 4.79 Å². The van der Waals surface area contributed by atoms with Crippen molar-refractivity contribution >= 4 is 23.4 Å². The molecule has 2 heterocycles. The van der Waals surface area contributed by atoms with E-state index in [1.54, 1.807) is 0 Å². The van der Waals surface area contributed by atoms with Gasteiger partial charge in [-0.2, -0.15) is 11.8 Å². The molecule has 2 aliphatic heterocycles. The Morgan fingerprint density at radius 2 is 2.39 bits per heavy atom. The molecule has 18 heavy (non-hydrogen) atoms. The summed E-state index contributed by atoms with van der Waals surface area (Å²) in [6.45, 7) is 0.986. The number of fused-ring (bicyclic) bond motifs is 1. The van der Waals surface area contributed by atoms with Crippen LogP contribution in [0.25, 0.3) is 0 Å². The molecule has 1 fully saturated rings. The molecular weight excluding hydrogens is 244 g/mol. The smallest absolute Gasteiger partial charge is 0.251 e. The summed E-state index contributed by atoms with van der Waals surface area (Å²) in [5.41, 5.74) is 3.22. The van der Waals surface area contributed by atoms with E-state index in [0.717, 1.165) is 36.4 Å². The summed E-state index contributed by atoms with van der Waals surface area (Å²) >= 11 is 1.93. The summed E-state index contributed by atoms with van der Waals surface area (Å²) in [6.07, 6.45) is 3.39. The highest BCUT2D eigenvalue weighted by Crippen LogP contribution is 2.23. The predicted octanol–water partition coefficient (Wildman–Crippen LogP) is 2.28. The number of amides is 1. The highest BCUT2D eigenvalue weighted by molar-refractivity contribution is 7.99. The summed E-state index contributed by atoms with van der Waals surface area (Å²) in [5, 5.41) is 6.45. The molecule has 1 unspecified atom stereocenters. The Morgan fingerprint density at radius 1 is 1.44 bits per heavy atom. The lowest BCUT2D eigenvalue weighted by molar-refractivity contribution is 0.0938. The summed E-state index contributed by atoms with van der Waals surface area (Å²) in [6, 6.07) is 6.34. The summed E-state index contributed by atoms with van der Waals surface area (Å²) in [4.78, 5) is 12.2. The number of hydrogen-bond donors (Lipinski definition) is 2. The Morgan fingerprint density at radius 3 is 3.22 bits per heavy atom. The molecule has 2 N–H and O–H groups in total. The van der Waals surface area contributed by atoms with E-state index >= 15 is 0 Å². The number of rotatable bonds is 2. The first-order chi connectivity index (χ1) is 8.83. The molecule has 0 aromatic heterocycles. The van der Waals surface area contributed by atoms with Gasteiger partial charge < -0.3 is 10.6 Å². The highest BCUT2D eigenvalue weighted by atomic mass is 32.2. The first-order valence-corrected chi connectivity index (χ1v) is 7.74. The van der Waals surface area contributed by atoms with Crippen LogP contribution in [0.3, 0.4) is 0 Å². The van der Waals surface area contributed by atoms with Crippen molar-refractivity contribution in [3.63, 3.8) is 0 Å². The van der Waals surface area contributed by atoms with Crippen molar-refractivity contribution in [3.8, 4) is 0 Å². The summed E-state index contributed by atoms with van der Waals surface area (Å²) in [5.74, 6) is 2.35. The number of benzene rings is 1. The van der Waals surface area contributed by atoms with E-state index in [-0.39, 0.29) is 5.91 Å². The zero-order chi connectivity index (χ0) is 12.4. The van der Waals surface area contributed by atoms with E-state index in [2.05, 4.69) is 16.7 Å². The fourth-order valence-electron chi connectivity index (χ4n) is 2.56. The van der Waals surface area contributed by atoms with E-state index < -0.39 is 0 Å². The first-order valence-electron chi connectivity index (χ1n) is 6.58. The number of hydrogen-bond acceptors (Lipinski definition) is 3. The minimum absolute atomic E-state index is 0.0685. The number of anilines is 1. The molecule has 4 heteroatoms. The van der Waals surface area contributed by atoms with Gasteiger partial charge in [-0.05, 0) is 42.7 Å². The van der Waals surface area contributed by atoms with E-state index in [9.17, 15) is 4.79 Å². The van der Waals surface area contributed by atoms with Gasteiger partial charge in [0.1, 0.15) is 0 Å². The molecule has 0 radical (unpaired) electrons. The van der Waals surface area contributed by atoms with Crippen LogP contribution in [0.15, 0.2) is 18.2 Å². The van der Waals surface area contributed by atoms with Crippen LogP contribution in [-0.2, 0) is 6.42 Å². The van der Waals surface area contributed by atoms with Crippen molar-refractivity contribution < 1.29 is 4.79 Å². The third-order valence-corrected chi connectivity index (χ3v) is 4.79. The molecule has 1 aromatic rings. The Bertz CT molecular complexity index is 455. The summed E-state index contributed by atoms with van der Waals surface area (Å²) < 4.78 is 0. The number of thioether (sulfide) groups is 1. The number of carbonyl (C=O) groups excluding carboxylic acids is 1. The van der Waals surface area contributed by atoms with Crippen LogP contribution >= 0.6 is 11.8 Å². The van der Waals surface area contributed by atoms with Gasteiger partial charge in [0, 0.05) is 29.6 Å². The number of nitrogens with one attached hydrogen (secondary N) is 2. The van der Waals surface area contributed by atoms with Gasteiger partial charge in [0.15, 0.2) is 0 Å². The van der Waals surface area contributed by atoms with Gasteiger partial charge in [0.05, 0.1) is 0 Å². The Kier molecular flexibility index (Phi) is 3.46. The largest absolute Gasteiger partial charge is 0.384 e. The molecule has 0 saturated carbocycles. The lowest BCUT2D eigenvalue weighted by Gasteiger charge is -2.22. The molecule has 1 atom stereocenters. The quantitative estimate of drug-likeness (QED) is 0.859. The average Bonchev–Trinajstić information content (AvgIpc) is 2.87. The third kappa shape index (κ3) is 2.48. The lowest BCUT2D eigenvalue weighted by Crippen LogP contribution is -2.38. The van der Waals surface area contributed by atoms with Crippen LogP contribution in [0.4, 0.5) is 5.69 Å². The van der Waals surface area contributed by atoms with Crippen LogP contribution in [0.2, 0.25) is 0 Å². The van der Waals surface area contributed by atoms with Gasteiger partial charge in [0.2, 0.25) is 0 Å². The van der Waals surface area contributed by atoms with Crippen LogP contribution in [0.5, 0.6) is 0 Å². The fraction of sp³-hybridized carbons (Fsp3) is 0.500. The van der Waals surface area contributed by atoms with Gasteiger partial charge >= 0.3 is 0 Å². The normalized spacial score (nSPS) is 22.1. The van der Waals surface area contributed by atoms with E-state index in [0.29, 0.717) is 6.04 Å². The molecule has 1 amide bonds. The zero-order valence-corrected chi connectivity index (χ0v) is 11.2. The Labute approximate surface area is 112 Å². The van der Waals surface area contributed by atoms with Crippen molar-refractivity contribution in [1.29, 1.82) is 0 Å². The summed E-state index contributed by atoms with van der Waals surface area (Å²) in [7, 11) is 0. The van der Waals surface area contributed by atoms with Crippen LogP contribution < -0.4 is 10.6 Å². The Hall–Kier alpha value is -1.16. The topological polar surface area (TPSA) is 41.1 Å². The van der Waals surface area contributed by atoms with E-state index in [4.69, 9.17) is 0 Å². The maximum absolute atomic E-state index is 12.2. The van der Waals surface area contributed by atoms with Gasteiger partial charge in [0.25, 0.3) is 5.91 Å². The highest BCUT2D eigenvalue weighted by Gasteiger charge is 2.18. The minimum Gasteiger partial charge on any atom is -0.384 e. The van der Waals surface area contributed by atoms with Crippen molar-refractivity contribution in [2.45, 2.75) is 25.3 Å². The first kappa shape index (κ1) is 11.9. The SMILES string of the molecule is O=C(NC1CCCSC1)c1ccc2c(c1)NCC2. The predicted molar refractivity (Wildman–Crippen MR) is 76.4 cm³/mol. The molecule has 3 rings (SSSR count). The molecule has 3 nitrogen and oxygen atoms in total. The number of carbonyl (C=O) groups is 1. The lowest BCUT2D eigenvalue weighted by atomic mass is 10.1. The minimum atomic E-state index is 0.0685. The fourth-order valence-corrected chi connectivity index (χ4v) is 3.63. The molecule has 96 valence electrons. The monoisotopic (exact) mass is 262 g/mol. The van der Waals surface area contributed by atoms with Crippen LogP contribution in [0, 0.1) is 0 Å². The second kappa shape index (κ2) is 5.22. The zero-order valence-electron chi connectivity index (χ0n) is 10.4. The molecule has 0 bridgehead atoms. The molecule has 0 spiro atoms. The van der Waals surface area contributed by atoms with Crippen molar-refractivity contribution in [2.75, 3.05) is 23.4 Å². The standard InChI is InChI=1S/C14H18N2OS/c17-14(16-12-2-1-7-18-9-12)11-4-3-10-5-6-15-13(10)8-11/h3-4,8,12,15H,1-2,5-7,9H2,(H,16,17). The van der Waals surface area contributed by atoms with Crippen LogP contribution in [0.1, 0.15) is 28.8 Å². The van der Waals surface area contributed by atoms with Crippen molar-refractivity contribution in [3.05, 3.63) is 29.3 Å². The maximum atomic E-state index is 12.2. The molecule has 1 aromatic carbocycles. The van der Waals surface area contributed by atoms with Gasteiger partial charge in [-0.1, -0.05) is 6.07 Å². The second-order valence-electron chi connectivity index (χ2n) is 4.94. The molecule has 2 aliphatic rings. The average molecular weight is 262 g/mol. The molecule has 1 saturated heterocycles. The van der Waals surface area contributed by atoms with Crippen molar-refractivity contribution in [1.82, 2.24) is 5.32 Å². The maximum Gasteiger partial charge on any atom is 0.251 e. The Balaban J connectivity index is 1.68. The molecule has 0 aliphatic carbocycles. The van der Waals surface area contributed by atoms with Gasteiger partial charge in [-0.15, -0.1) is 0 Å². The second-order valence-corrected chi connectivity index (χ2v) is 6.09. The van der Waals surface area contributed by atoms with Crippen LogP contribution in [-0.4, -0.2) is 30.0 Å².